The summed E-state index contributed by atoms with van der Waals surface area (Å²) in [5.41, 5.74) is 2.67. The van der Waals surface area contributed by atoms with Crippen molar-refractivity contribution in [2.75, 3.05) is 7.05 Å². The first-order valence-corrected chi connectivity index (χ1v) is 6.15. The van der Waals surface area contributed by atoms with Gasteiger partial charge in [-0.25, -0.2) is 0 Å². The summed E-state index contributed by atoms with van der Waals surface area (Å²) in [6.45, 7) is 2.68. The Labute approximate surface area is 113 Å². The average molecular weight is 252 g/mol. The first-order valence-electron chi connectivity index (χ1n) is 6.15. The molecule has 2 rings (SSSR count). The summed E-state index contributed by atoms with van der Waals surface area (Å²) in [6, 6.07) is 15.6. The monoisotopic (exact) mass is 252 g/mol. The normalized spacial score (nSPS) is 9.95. The van der Waals surface area contributed by atoms with Gasteiger partial charge in [0.2, 0.25) is 0 Å². The van der Waals surface area contributed by atoms with E-state index in [1.165, 1.54) is 0 Å². The lowest BCUT2D eigenvalue weighted by Crippen LogP contribution is -2.06. The highest BCUT2D eigenvalue weighted by atomic mass is 16.5. The van der Waals surface area contributed by atoms with Gasteiger partial charge in [0.1, 0.15) is 17.6 Å². The minimum Gasteiger partial charge on any atom is -0.456 e. The maximum Gasteiger partial charge on any atom is 0.145 e. The summed E-state index contributed by atoms with van der Waals surface area (Å²) < 4.78 is 5.88. The quantitative estimate of drug-likeness (QED) is 0.907. The molecule has 0 aliphatic rings. The van der Waals surface area contributed by atoms with E-state index < -0.39 is 0 Å². The molecule has 2 aromatic carbocycles. The van der Waals surface area contributed by atoms with Crippen LogP contribution in [0.4, 0.5) is 0 Å². The lowest BCUT2D eigenvalue weighted by molar-refractivity contribution is 0.472. The highest BCUT2D eigenvalue weighted by Gasteiger charge is 2.07. The molecular weight excluding hydrogens is 236 g/mol. The van der Waals surface area contributed by atoms with Gasteiger partial charge in [0.05, 0.1) is 5.56 Å². The number of rotatable bonds is 4. The van der Waals surface area contributed by atoms with E-state index >= 15 is 0 Å². The highest BCUT2D eigenvalue weighted by molar-refractivity contribution is 5.48. The Bertz CT molecular complexity index is 614. The molecule has 0 radical (unpaired) electrons. The fraction of sp³-hybridized carbons (Fsp3) is 0.188. The molecule has 0 amide bonds. The van der Waals surface area contributed by atoms with E-state index in [1.807, 2.05) is 56.4 Å². The lowest BCUT2D eigenvalue weighted by Gasteiger charge is -2.12. The minimum absolute atomic E-state index is 0.555. The van der Waals surface area contributed by atoms with Crippen LogP contribution in [0.3, 0.4) is 0 Å². The van der Waals surface area contributed by atoms with Crippen molar-refractivity contribution in [2.45, 2.75) is 13.5 Å². The molecule has 0 atom stereocenters. The van der Waals surface area contributed by atoms with Crippen molar-refractivity contribution in [2.24, 2.45) is 0 Å². The van der Waals surface area contributed by atoms with Crippen LogP contribution < -0.4 is 10.1 Å². The molecule has 0 unspecified atom stereocenters. The Kier molecular flexibility index (Phi) is 4.17. The van der Waals surface area contributed by atoms with E-state index in [4.69, 9.17) is 10.00 Å². The molecule has 3 nitrogen and oxygen atoms in total. The van der Waals surface area contributed by atoms with Crippen molar-refractivity contribution in [1.29, 1.82) is 5.26 Å². The number of nitrogens with one attached hydrogen (secondary N) is 1. The zero-order chi connectivity index (χ0) is 13.7. The third kappa shape index (κ3) is 3.12. The van der Waals surface area contributed by atoms with Gasteiger partial charge in [-0.1, -0.05) is 24.3 Å². The highest BCUT2D eigenvalue weighted by Crippen LogP contribution is 2.28. The Morgan fingerprint density at radius 2 is 1.95 bits per heavy atom. The van der Waals surface area contributed by atoms with Crippen molar-refractivity contribution in [1.82, 2.24) is 5.32 Å². The third-order valence-corrected chi connectivity index (χ3v) is 2.82. The number of ether oxygens (including phenoxy) is 1. The summed E-state index contributed by atoms with van der Waals surface area (Å²) >= 11 is 0. The van der Waals surface area contributed by atoms with Crippen molar-refractivity contribution in [3.8, 4) is 17.6 Å². The van der Waals surface area contributed by atoms with E-state index in [0.717, 1.165) is 23.4 Å². The number of para-hydroxylation sites is 1. The van der Waals surface area contributed by atoms with Gasteiger partial charge in [0.25, 0.3) is 0 Å². The molecular formula is C16H16N2O. The maximum absolute atomic E-state index is 9.15. The summed E-state index contributed by atoms with van der Waals surface area (Å²) in [4.78, 5) is 0. The maximum atomic E-state index is 9.15. The molecule has 0 aliphatic heterocycles. The van der Waals surface area contributed by atoms with Crippen molar-refractivity contribution in [3.05, 3.63) is 59.2 Å². The molecule has 19 heavy (non-hydrogen) atoms. The Hall–Kier alpha value is -2.31. The molecule has 3 heteroatoms. The number of aryl methyl sites for hydroxylation is 1. The molecule has 0 bridgehead atoms. The predicted molar refractivity (Wildman–Crippen MR) is 75.2 cm³/mol. The fourth-order valence-corrected chi connectivity index (χ4v) is 1.88. The van der Waals surface area contributed by atoms with Gasteiger partial charge >= 0.3 is 0 Å². The molecule has 1 N–H and O–H groups in total. The number of hydrogen-bond donors (Lipinski definition) is 1. The minimum atomic E-state index is 0.555. The second-order valence-corrected chi connectivity index (χ2v) is 4.35. The number of hydrogen-bond acceptors (Lipinski definition) is 3. The summed E-state index contributed by atoms with van der Waals surface area (Å²) in [7, 11) is 1.89. The lowest BCUT2D eigenvalue weighted by atomic mass is 10.1. The van der Waals surface area contributed by atoms with E-state index in [2.05, 4.69) is 11.4 Å². The zero-order valence-electron chi connectivity index (χ0n) is 11.1. The molecule has 2 aromatic rings. The van der Waals surface area contributed by atoms with Gasteiger partial charge in [-0.15, -0.1) is 0 Å². The standard InChI is InChI=1S/C16H16N2O/c1-12-7-8-16(14(9-12)10-17)19-15-6-4-3-5-13(15)11-18-2/h3-9,18H,11H2,1-2H3. The molecule has 0 saturated carbocycles. The topological polar surface area (TPSA) is 45.0 Å². The van der Waals surface area contributed by atoms with E-state index in [-0.39, 0.29) is 0 Å². The van der Waals surface area contributed by atoms with Crippen molar-refractivity contribution in [3.63, 3.8) is 0 Å². The first-order chi connectivity index (χ1) is 9.24. The van der Waals surface area contributed by atoms with Gasteiger partial charge in [-0.2, -0.15) is 5.26 Å². The van der Waals surface area contributed by atoms with Gasteiger partial charge < -0.3 is 10.1 Å². The average Bonchev–Trinajstić information content (AvgIpc) is 2.43. The first kappa shape index (κ1) is 13.1. The van der Waals surface area contributed by atoms with Crippen LogP contribution in [0.15, 0.2) is 42.5 Å². The zero-order valence-corrected chi connectivity index (χ0v) is 11.1. The molecule has 0 heterocycles. The smallest absolute Gasteiger partial charge is 0.145 e. The van der Waals surface area contributed by atoms with Gasteiger partial charge in [-0.3, -0.25) is 0 Å². The fourth-order valence-electron chi connectivity index (χ4n) is 1.88. The molecule has 96 valence electrons. The van der Waals surface area contributed by atoms with Crippen LogP contribution in [0.1, 0.15) is 16.7 Å². The van der Waals surface area contributed by atoms with E-state index in [0.29, 0.717) is 11.3 Å². The van der Waals surface area contributed by atoms with Crippen LogP contribution in [-0.2, 0) is 6.54 Å². The van der Waals surface area contributed by atoms with Crippen LogP contribution in [0.2, 0.25) is 0 Å². The molecule has 0 fully saturated rings. The van der Waals surface area contributed by atoms with Gasteiger partial charge in [-0.05, 0) is 37.7 Å². The SMILES string of the molecule is CNCc1ccccc1Oc1ccc(C)cc1C#N. The number of nitrogens with zero attached hydrogens (tertiary/aromatic N) is 1. The van der Waals surface area contributed by atoms with E-state index in [9.17, 15) is 0 Å². The van der Waals surface area contributed by atoms with Crippen molar-refractivity contribution >= 4 is 0 Å². The van der Waals surface area contributed by atoms with Crippen LogP contribution >= 0.6 is 0 Å². The van der Waals surface area contributed by atoms with Crippen LogP contribution in [0.5, 0.6) is 11.5 Å². The van der Waals surface area contributed by atoms with Gasteiger partial charge in [0.15, 0.2) is 0 Å². The van der Waals surface area contributed by atoms with Crippen molar-refractivity contribution < 1.29 is 4.74 Å². The Morgan fingerprint density at radius 1 is 1.16 bits per heavy atom. The molecule has 0 spiro atoms. The molecule has 0 aliphatic carbocycles. The second-order valence-electron chi connectivity index (χ2n) is 4.35. The van der Waals surface area contributed by atoms with Crippen LogP contribution in [0, 0.1) is 18.3 Å². The van der Waals surface area contributed by atoms with E-state index in [1.54, 1.807) is 0 Å². The van der Waals surface area contributed by atoms with Crippen LogP contribution in [0.25, 0.3) is 0 Å². The number of nitriles is 1. The summed E-state index contributed by atoms with van der Waals surface area (Å²) in [6.07, 6.45) is 0. The second kappa shape index (κ2) is 6.03. The Morgan fingerprint density at radius 3 is 2.68 bits per heavy atom. The largest absolute Gasteiger partial charge is 0.456 e. The van der Waals surface area contributed by atoms with Gasteiger partial charge in [0, 0.05) is 12.1 Å². The molecule has 0 saturated heterocycles. The third-order valence-electron chi connectivity index (χ3n) is 2.82. The predicted octanol–water partition coefficient (Wildman–Crippen LogP) is 3.38. The number of benzene rings is 2. The summed E-state index contributed by atoms with van der Waals surface area (Å²) in [5, 5.41) is 12.3. The Balaban J connectivity index is 2.34. The molecule has 0 aromatic heterocycles. The summed E-state index contributed by atoms with van der Waals surface area (Å²) in [5.74, 6) is 1.37. The van der Waals surface area contributed by atoms with Crippen LogP contribution in [-0.4, -0.2) is 7.05 Å².